The van der Waals surface area contributed by atoms with Crippen LogP contribution in [0.15, 0.2) is 58.9 Å². The van der Waals surface area contributed by atoms with Crippen LogP contribution in [-0.4, -0.2) is 29.3 Å². The fraction of sp³-hybridized carbons (Fsp3) is 0.211. The monoisotopic (exact) mass is 351 g/mol. The van der Waals surface area contributed by atoms with Crippen molar-refractivity contribution in [1.29, 1.82) is 0 Å². The summed E-state index contributed by atoms with van der Waals surface area (Å²) in [6, 6.07) is 10.5. The van der Waals surface area contributed by atoms with Crippen LogP contribution in [-0.2, 0) is 22.6 Å². The molecule has 0 atom stereocenters. The van der Waals surface area contributed by atoms with E-state index in [0.29, 0.717) is 12.3 Å². The molecule has 1 fully saturated rings. The first kappa shape index (κ1) is 16.1. The summed E-state index contributed by atoms with van der Waals surface area (Å²) in [5.74, 6) is -0.845. The van der Waals surface area contributed by atoms with E-state index in [1.165, 1.54) is 18.0 Å². The number of carbonyl (C=O) groups is 3. The van der Waals surface area contributed by atoms with Crippen molar-refractivity contribution in [3.63, 3.8) is 0 Å². The van der Waals surface area contributed by atoms with Gasteiger partial charge in [-0.2, -0.15) is 0 Å². The smallest absolute Gasteiger partial charge is 0.331 e. The summed E-state index contributed by atoms with van der Waals surface area (Å²) in [5, 5.41) is 2.23. The van der Waals surface area contributed by atoms with Crippen LogP contribution in [0.1, 0.15) is 17.7 Å². The number of barbiturate groups is 1. The van der Waals surface area contributed by atoms with Gasteiger partial charge in [-0.3, -0.25) is 19.8 Å². The van der Waals surface area contributed by atoms with Gasteiger partial charge in [-0.15, -0.1) is 0 Å². The second-order valence-electron chi connectivity index (χ2n) is 6.20. The Morgan fingerprint density at radius 1 is 1.12 bits per heavy atom. The first-order valence-electron chi connectivity index (χ1n) is 8.39. The fourth-order valence-electron chi connectivity index (χ4n) is 3.24. The second-order valence-corrected chi connectivity index (χ2v) is 6.20. The van der Waals surface area contributed by atoms with Crippen molar-refractivity contribution in [3.05, 3.63) is 65.8 Å². The molecule has 2 aliphatic heterocycles. The summed E-state index contributed by atoms with van der Waals surface area (Å²) in [5.41, 5.74) is 2.08. The van der Waals surface area contributed by atoms with Crippen molar-refractivity contribution in [1.82, 2.24) is 10.2 Å². The Kier molecular flexibility index (Phi) is 4.04. The van der Waals surface area contributed by atoms with Gasteiger partial charge in [-0.1, -0.05) is 18.2 Å². The number of carbonyl (C=O) groups excluding carboxylic acids is 3. The molecule has 2 aliphatic rings. The standard InChI is InChI=1S/C19H17N3O4/c23-17-15(12-21-9-3-6-13-5-1-2-8-16(13)21)18(24)22(19(25)20-17)11-14-7-4-10-26-14/h1-2,4-5,7-8,10,12H,3,6,9,11H2,(H,20,23,25)/b15-12+. The van der Waals surface area contributed by atoms with Crippen LogP contribution in [0.25, 0.3) is 0 Å². The number of anilines is 1. The number of rotatable bonds is 3. The molecule has 1 saturated heterocycles. The zero-order valence-electron chi connectivity index (χ0n) is 14.0. The summed E-state index contributed by atoms with van der Waals surface area (Å²) in [6.07, 6.45) is 4.89. The number of hydrogen-bond donors (Lipinski definition) is 1. The molecule has 1 aromatic carbocycles. The van der Waals surface area contributed by atoms with Gasteiger partial charge in [0.25, 0.3) is 11.8 Å². The predicted octanol–water partition coefficient (Wildman–Crippen LogP) is 2.19. The SMILES string of the molecule is O=C1NC(=O)N(Cc2ccco2)C(=O)/C1=C/N1CCCc2ccccc21. The van der Waals surface area contributed by atoms with Gasteiger partial charge in [0.1, 0.15) is 11.3 Å². The number of para-hydroxylation sites is 1. The molecule has 0 unspecified atom stereocenters. The molecule has 1 N–H and O–H groups in total. The highest BCUT2D eigenvalue weighted by atomic mass is 16.3. The number of nitrogens with one attached hydrogen (secondary N) is 1. The lowest BCUT2D eigenvalue weighted by Crippen LogP contribution is -2.54. The van der Waals surface area contributed by atoms with Gasteiger partial charge >= 0.3 is 6.03 Å². The Morgan fingerprint density at radius 3 is 2.77 bits per heavy atom. The minimum Gasteiger partial charge on any atom is -0.467 e. The number of benzene rings is 1. The Labute approximate surface area is 149 Å². The number of aryl methyl sites for hydroxylation is 1. The Balaban J connectivity index is 1.65. The lowest BCUT2D eigenvalue weighted by atomic mass is 10.0. The van der Waals surface area contributed by atoms with Gasteiger partial charge in [-0.05, 0) is 36.6 Å². The zero-order chi connectivity index (χ0) is 18.1. The highest BCUT2D eigenvalue weighted by Gasteiger charge is 2.37. The third-order valence-corrected chi connectivity index (χ3v) is 4.51. The van der Waals surface area contributed by atoms with Crippen molar-refractivity contribution >= 4 is 23.5 Å². The van der Waals surface area contributed by atoms with E-state index >= 15 is 0 Å². The summed E-state index contributed by atoms with van der Waals surface area (Å²) >= 11 is 0. The van der Waals surface area contributed by atoms with Crippen molar-refractivity contribution in [3.8, 4) is 0 Å². The number of amides is 4. The van der Waals surface area contributed by atoms with Crippen molar-refractivity contribution in [2.45, 2.75) is 19.4 Å². The summed E-state index contributed by atoms with van der Waals surface area (Å²) < 4.78 is 5.20. The van der Waals surface area contributed by atoms with Crippen LogP contribution in [0, 0.1) is 0 Å². The second kappa shape index (κ2) is 6.51. The van der Waals surface area contributed by atoms with Crippen LogP contribution < -0.4 is 10.2 Å². The average molecular weight is 351 g/mol. The Bertz CT molecular complexity index is 901. The number of imide groups is 2. The first-order chi connectivity index (χ1) is 12.6. The minimum atomic E-state index is -0.743. The molecular weight excluding hydrogens is 334 g/mol. The van der Waals surface area contributed by atoms with E-state index in [4.69, 9.17) is 4.42 Å². The molecule has 4 rings (SSSR count). The Morgan fingerprint density at radius 2 is 1.96 bits per heavy atom. The van der Waals surface area contributed by atoms with Crippen LogP contribution in [0.5, 0.6) is 0 Å². The van der Waals surface area contributed by atoms with E-state index in [9.17, 15) is 14.4 Å². The normalized spacial score (nSPS) is 18.9. The van der Waals surface area contributed by atoms with E-state index in [1.807, 2.05) is 29.2 Å². The molecule has 0 bridgehead atoms. The van der Waals surface area contributed by atoms with Crippen LogP contribution >= 0.6 is 0 Å². The third-order valence-electron chi connectivity index (χ3n) is 4.51. The molecule has 0 spiro atoms. The molecule has 0 saturated carbocycles. The number of urea groups is 1. The molecule has 2 aromatic rings. The highest BCUT2D eigenvalue weighted by Crippen LogP contribution is 2.28. The number of nitrogens with zero attached hydrogens (tertiary/aromatic N) is 2. The first-order valence-corrected chi connectivity index (χ1v) is 8.39. The molecule has 7 nitrogen and oxygen atoms in total. The van der Waals surface area contributed by atoms with Gasteiger partial charge in [-0.25, -0.2) is 4.79 Å². The molecule has 0 aliphatic carbocycles. The average Bonchev–Trinajstić information content (AvgIpc) is 3.15. The lowest BCUT2D eigenvalue weighted by Gasteiger charge is -2.31. The molecule has 3 heterocycles. The maximum Gasteiger partial charge on any atom is 0.331 e. The van der Waals surface area contributed by atoms with E-state index in [0.717, 1.165) is 23.4 Å². The van der Waals surface area contributed by atoms with Gasteiger partial charge in [0.2, 0.25) is 0 Å². The molecule has 4 amide bonds. The predicted molar refractivity (Wildman–Crippen MR) is 93.0 cm³/mol. The van der Waals surface area contributed by atoms with Gasteiger partial charge in [0.05, 0.1) is 12.8 Å². The van der Waals surface area contributed by atoms with Crippen molar-refractivity contribution in [2.75, 3.05) is 11.4 Å². The third kappa shape index (κ3) is 2.88. The maximum atomic E-state index is 12.8. The van der Waals surface area contributed by atoms with Gasteiger partial charge in [0, 0.05) is 18.4 Å². The molecule has 1 aromatic heterocycles. The van der Waals surface area contributed by atoms with Crippen LogP contribution in [0.4, 0.5) is 10.5 Å². The molecule has 26 heavy (non-hydrogen) atoms. The quantitative estimate of drug-likeness (QED) is 0.677. The highest BCUT2D eigenvalue weighted by molar-refractivity contribution is 6.28. The van der Waals surface area contributed by atoms with E-state index < -0.39 is 17.8 Å². The summed E-state index contributed by atoms with van der Waals surface area (Å²) in [6.45, 7) is 0.673. The summed E-state index contributed by atoms with van der Waals surface area (Å²) in [7, 11) is 0. The zero-order valence-corrected chi connectivity index (χ0v) is 14.0. The van der Waals surface area contributed by atoms with Crippen LogP contribution in [0.3, 0.4) is 0 Å². The maximum absolute atomic E-state index is 12.8. The molecule has 0 radical (unpaired) electrons. The van der Waals surface area contributed by atoms with Crippen molar-refractivity contribution < 1.29 is 18.8 Å². The number of hydrogen-bond acceptors (Lipinski definition) is 5. The van der Waals surface area contributed by atoms with E-state index in [-0.39, 0.29) is 12.1 Å². The fourth-order valence-corrected chi connectivity index (χ4v) is 3.24. The summed E-state index contributed by atoms with van der Waals surface area (Å²) in [4.78, 5) is 40.0. The topological polar surface area (TPSA) is 82.9 Å². The largest absolute Gasteiger partial charge is 0.467 e. The van der Waals surface area contributed by atoms with Gasteiger partial charge in [0.15, 0.2) is 0 Å². The molecule has 7 heteroatoms. The van der Waals surface area contributed by atoms with Crippen molar-refractivity contribution in [2.24, 2.45) is 0 Å². The Hall–Kier alpha value is -3.35. The van der Waals surface area contributed by atoms with Gasteiger partial charge < -0.3 is 9.32 Å². The number of fused-ring (bicyclic) bond motifs is 1. The molecular formula is C19H17N3O4. The van der Waals surface area contributed by atoms with E-state index in [2.05, 4.69) is 5.32 Å². The van der Waals surface area contributed by atoms with Crippen LogP contribution in [0.2, 0.25) is 0 Å². The minimum absolute atomic E-state index is 0.0289. The van der Waals surface area contributed by atoms with E-state index in [1.54, 1.807) is 12.1 Å². The lowest BCUT2D eigenvalue weighted by molar-refractivity contribution is -0.130. The number of furan rings is 1. The molecule has 132 valence electrons.